The van der Waals surface area contributed by atoms with Crippen LogP contribution in [-0.4, -0.2) is 35.6 Å². The van der Waals surface area contributed by atoms with Crippen LogP contribution in [0.4, 0.5) is 0 Å². The van der Waals surface area contributed by atoms with E-state index in [0.717, 1.165) is 25.4 Å². The Morgan fingerprint density at radius 2 is 2.06 bits per heavy atom. The van der Waals surface area contributed by atoms with Gasteiger partial charge in [0.25, 0.3) is 0 Å². The van der Waals surface area contributed by atoms with E-state index in [1.165, 1.54) is 0 Å². The molecular formula is C14H27N3O. The van der Waals surface area contributed by atoms with Crippen molar-refractivity contribution < 1.29 is 4.74 Å². The lowest BCUT2D eigenvalue weighted by atomic mass is 9.93. The molecule has 18 heavy (non-hydrogen) atoms. The zero-order valence-electron chi connectivity index (χ0n) is 12.4. The summed E-state index contributed by atoms with van der Waals surface area (Å²) in [5.41, 5.74) is 1.25. The van der Waals surface area contributed by atoms with Gasteiger partial charge in [-0.3, -0.25) is 4.68 Å². The highest BCUT2D eigenvalue weighted by Crippen LogP contribution is 2.19. The Hall–Kier alpha value is -0.870. The fraction of sp³-hybridized carbons (Fsp3) is 0.786. The van der Waals surface area contributed by atoms with Crippen LogP contribution in [0.15, 0.2) is 12.3 Å². The molecule has 0 aliphatic rings. The number of hydrogen-bond acceptors (Lipinski definition) is 3. The maximum Gasteiger partial charge on any atom is 0.0677 e. The Labute approximate surface area is 111 Å². The first-order chi connectivity index (χ1) is 8.39. The summed E-state index contributed by atoms with van der Waals surface area (Å²) < 4.78 is 7.51. The van der Waals surface area contributed by atoms with Crippen molar-refractivity contribution in [3.8, 4) is 0 Å². The summed E-state index contributed by atoms with van der Waals surface area (Å²) >= 11 is 0. The van der Waals surface area contributed by atoms with Crippen LogP contribution in [0.3, 0.4) is 0 Å². The third-order valence-corrected chi connectivity index (χ3v) is 2.67. The minimum atomic E-state index is 0.118. The Balaban J connectivity index is 2.18. The predicted octanol–water partition coefficient (Wildman–Crippen LogP) is 2.20. The number of ether oxygens (including phenoxy) is 1. The molecule has 0 bridgehead atoms. The van der Waals surface area contributed by atoms with Gasteiger partial charge in [0.2, 0.25) is 0 Å². The smallest absolute Gasteiger partial charge is 0.0677 e. The van der Waals surface area contributed by atoms with Crippen molar-refractivity contribution >= 4 is 0 Å². The van der Waals surface area contributed by atoms with Gasteiger partial charge < -0.3 is 10.1 Å². The third-order valence-electron chi connectivity index (χ3n) is 2.67. The maximum atomic E-state index is 5.56. The van der Waals surface area contributed by atoms with Crippen LogP contribution in [-0.2, 0) is 16.7 Å². The second-order valence-electron chi connectivity index (χ2n) is 5.94. The number of nitrogens with one attached hydrogen (secondary N) is 1. The van der Waals surface area contributed by atoms with E-state index in [0.29, 0.717) is 12.6 Å². The quantitative estimate of drug-likeness (QED) is 0.757. The van der Waals surface area contributed by atoms with E-state index in [1.807, 2.05) is 10.9 Å². The van der Waals surface area contributed by atoms with Crippen molar-refractivity contribution in [3.05, 3.63) is 18.0 Å². The van der Waals surface area contributed by atoms with Crippen molar-refractivity contribution in [1.29, 1.82) is 0 Å². The van der Waals surface area contributed by atoms with Gasteiger partial charge in [0, 0.05) is 24.2 Å². The molecule has 0 spiro atoms. The molecule has 0 atom stereocenters. The molecule has 0 radical (unpaired) electrons. The molecule has 1 rings (SSSR count). The Bertz CT molecular complexity index is 339. The van der Waals surface area contributed by atoms with Gasteiger partial charge in [-0.15, -0.1) is 0 Å². The molecular weight excluding hydrogens is 226 g/mol. The molecule has 0 amide bonds. The zero-order chi connectivity index (χ0) is 13.6. The molecule has 4 heteroatoms. The highest BCUT2D eigenvalue weighted by Gasteiger charge is 2.16. The van der Waals surface area contributed by atoms with Crippen molar-refractivity contribution in [2.75, 3.05) is 19.8 Å². The van der Waals surface area contributed by atoms with Gasteiger partial charge in [0.05, 0.1) is 25.5 Å². The van der Waals surface area contributed by atoms with Gasteiger partial charge in [-0.1, -0.05) is 34.6 Å². The minimum absolute atomic E-state index is 0.118. The number of hydrogen-bond donors (Lipinski definition) is 1. The first kappa shape index (κ1) is 15.2. The average molecular weight is 253 g/mol. The lowest BCUT2D eigenvalue weighted by molar-refractivity contribution is 0.124. The predicted molar refractivity (Wildman–Crippen MR) is 74.9 cm³/mol. The molecule has 1 aromatic rings. The lowest BCUT2D eigenvalue weighted by Crippen LogP contribution is -2.27. The van der Waals surface area contributed by atoms with Gasteiger partial charge in [0.15, 0.2) is 0 Å². The van der Waals surface area contributed by atoms with Crippen molar-refractivity contribution in [1.82, 2.24) is 15.1 Å². The fourth-order valence-corrected chi connectivity index (χ4v) is 1.57. The molecule has 0 saturated heterocycles. The summed E-state index contributed by atoms with van der Waals surface area (Å²) in [6, 6.07) is 2.61. The van der Waals surface area contributed by atoms with Crippen LogP contribution < -0.4 is 5.32 Å². The molecule has 1 aromatic heterocycles. The van der Waals surface area contributed by atoms with Crippen LogP contribution in [0.5, 0.6) is 0 Å². The summed E-state index contributed by atoms with van der Waals surface area (Å²) in [5.74, 6) is 0. The van der Waals surface area contributed by atoms with E-state index < -0.39 is 0 Å². The summed E-state index contributed by atoms with van der Waals surface area (Å²) in [6.07, 6.45) is 2.02. The molecule has 0 saturated carbocycles. The summed E-state index contributed by atoms with van der Waals surface area (Å²) in [5, 5.41) is 7.87. The highest BCUT2D eigenvalue weighted by molar-refractivity contribution is 5.10. The Morgan fingerprint density at radius 1 is 1.33 bits per heavy atom. The van der Waals surface area contributed by atoms with Crippen LogP contribution >= 0.6 is 0 Å². The molecule has 0 aromatic carbocycles. The van der Waals surface area contributed by atoms with Gasteiger partial charge in [-0.05, 0) is 6.07 Å². The van der Waals surface area contributed by atoms with E-state index in [9.17, 15) is 0 Å². The van der Waals surface area contributed by atoms with E-state index in [4.69, 9.17) is 4.74 Å². The molecule has 104 valence electrons. The highest BCUT2D eigenvalue weighted by atomic mass is 16.5. The molecule has 0 unspecified atom stereocenters. The molecule has 0 fully saturated rings. The summed E-state index contributed by atoms with van der Waals surface area (Å²) in [4.78, 5) is 0. The van der Waals surface area contributed by atoms with E-state index in [-0.39, 0.29) is 5.41 Å². The molecule has 0 aliphatic heterocycles. The first-order valence-electron chi connectivity index (χ1n) is 6.74. The lowest BCUT2D eigenvalue weighted by Gasteiger charge is -2.14. The van der Waals surface area contributed by atoms with E-state index >= 15 is 0 Å². The van der Waals surface area contributed by atoms with Gasteiger partial charge in [-0.2, -0.15) is 5.10 Å². The van der Waals surface area contributed by atoms with Crippen molar-refractivity contribution in [2.24, 2.45) is 0 Å². The molecule has 4 nitrogen and oxygen atoms in total. The number of rotatable bonds is 7. The van der Waals surface area contributed by atoms with Crippen LogP contribution in [0.2, 0.25) is 0 Å². The Kier molecular flexibility index (Phi) is 5.82. The van der Waals surface area contributed by atoms with Crippen LogP contribution in [0, 0.1) is 0 Å². The topological polar surface area (TPSA) is 39.1 Å². The molecule has 1 N–H and O–H groups in total. The fourth-order valence-electron chi connectivity index (χ4n) is 1.57. The maximum absolute atomic E-state index is 5.56. The number of nitrogens with zero attached hydrogens (tertiary/aromatic N) is 2. The van der Waals surface area contributed by atoms with Crippen molar-refractivity contribution in [3.63, 3.8) is 0 Å². The zero-order valence-corrected chi connectivity index (χ0v) is 12.4. The van der Waals surface area contributed by atoms with E-state index in [2.05, 4.69) is 51.1 Å². The van der Waals surface area contributed by atoms with Gasteiger partial charge in [-0.25, -0.2) is 0 Å². The summed E-state index contributed by atoms with van der Waals surface area (Å²) in [7, 11) is 0. The van der Waals surface area contributed by atoms with E-state index in [1.54, 1.807) is 0 Å². The average Bonchev–Trinajstić information content (AvgIpc) is 2.71. The summed E-state index contributed by atoms with van der Waals surface area (Å²) in [6.45, 7) is 14.0. The van der Waals surface area contributed by atoms with Crippen LogP contribution in [0.25, 0.3) is 0 Å². The second kappa shape index (κ2) is 6.90. The normalized spacial score (nSPS) is 12.3. The Morgan fingerprint density at radius 3 is 2.61 bits per heavy atom. The van der Waals surface area contributed by atoms with Gasteiger partial charge >= 0.3 is 0 Å². The molecule has 1 heterocycles. The monoisotopic (exact) mass is 253 g/mol. The van der Waals surface area contributed by atoms with Gasteiger partial charge in [0.1, 0.15) is 0 Å². The minimum Gasteiger partial charge on any atom is -0.378 e. The van der Waals surface area contributed by atoms with Crippen molar-refractivity contribution in [2.45, 2.75) is 52.6 Å². The second-order valence-corrected chi connectivity index (χ2v) is 5.94. The standard InChI is InChI=1S/C14H27N3O/c1-12(2)15-7-10-18-11-9-17-8-6-13(16-17)14(3,4)5/h6,8,12,15H,7,9-11H2,1-5H3. The van der Waals surface area contributed by atoms with Crippen LogP contribution in [0.1, 0.15) is 40.3 Å². The third kappa shape index (κ3) is 5.65. The SMILES string of the molecule is CC(C)NCCOCCn1ccc(C(C)(C)C)n1. The largest absolute Gasteiger partial charge is 0.378 e. The molecule has 0 aliphatic carbocycles. The number of aromatic nitrogens is 2. The first-order valence-corrected chi connectivity index (χ1v) is 6.74.